The van der Waals surface area contributed by atoms with Gasteiger partial charge in [0.15, 0.2) is 5.76 Å². The molecule has 0 bridgehead atoms. The van der Waals surface area contributed by atoms with Gasteiger partial charge >= 0.3 is 0 Å². The number of thiophene rings is 1. The van der Waals surface area contributed by atoms with Crippen molar-refractivity contribution >= 4 is 34.1 Å². The monoisotopic (exact) mass is 383 g/mol. The van der Waals surface area contributed by atoms with Crippen LogP contribution in [0.5, 0.6) is 0 Å². The smallest absolute Gasteiger partial charge is 0.291 e. The zero-order valence-corrected chi connectivity index (χ0v) is 15.2. The molecule has 138 valence electrons. The molecule has 0 aliphatic carbocycles. The fourth-order valence-electron chi connectivity index (χ4n) is 2.51. The van der Waals surface area contributed by atoms with E-state index in [1.807, 2.05) is 0 Å². The average molecular weight is 383 g/mol. The number of benzene rings is 1. The van der Waals surface area contributed by atoms with Crippen LogP contribution in [0.25, 0.3) is 0 Å². The predicted molar refractivity (Wildman–Crippen MR) is 102 cm³/mol. The van der Waals surface area contributed by atoms with E-state index in [0.717, 1.165) is 11.3 Å². The number of nitrogens with two attached hydrogens (primary N) is 1. The standard InChI is InChI=1S/C19H17N3O4S/c1-11-10-14(21-18(24)13-8-5-9-26-13)27-16(11)19(25)22-15(17(20)23)12-6-3-2-4-7-12/h2-10,15H,1H3,(H2,20,23)(H,21,24)(H,22,25). The van der Waals surface area contributed by atoms with Crippen LogP contribution in [0.4, 0.5) is 5.00 Å². The summed E-state index contributed by atoms with van der Waals surface area (Å²) < 4.78 is 5.04. The summed E-state index contributed by atoms with van der Waals surface area (Å²) in [6.07, 6.45) is 1.40. The lowest BCUT2D eigenvalue weighted by Gasteiger charge is -2.15. The first-order valence-electron chi connectivity index (χ1n) is 8.06. The third kappa shape index (κ3) is 4.24. The van der Waals surface area contributed by atoms with E-state index >= 15 is 0 Å². The van der Waals surface area contributed by atoms with Gasteiger partial charge in [0.05, 0.1) is 16.1 Å². The van der Waals surface area contributed by atoms with Crippen molar-refractivity contribution in [2.24, 2.45) is 5.73 Å². The molecule has 1 aromatic carbocycles. The van der Waals surface area contributed by atoms with E-state index < -0.39 is 23.8 Å². The number of rotatable bonds is 6. The van der Waals surface area contributed by atoms with Crippen LogP contribution in [0.1, 0.15) is 37.4 Å². The maximum absolute atomic E-state index is 12.6. The van der Waals surface area contributed by atoms with Gasteiger partial charge in [0.25, 0.3) is 11.8 Å². The molecule has 3 rings (SSSR count). The summed E-state index contributed by atoms with van der Waals surface area (Å²) >= 11 is 1.10. The molecule has 7 nitrogen and oxygen atoms in total. The summed E-state index contributed by atoms with van der Waals surface area (Å²) in [6.45, 7) is 1.75. The van der Waals surface area contributed by atoms with Gasteiger partial charge in [-0.05, 0) is 36.2 Å². The van der Waals surface area contributed by atoms with Gasteiger partial charge in [-0.3, -0.25) is 14.4 Å². The van der Waals surface area contributed by atoms with Crippen LogP contribution in [0.2, 0.25) is 0 Å². The van der Waals surface area contributed by atoms with Crippen LogP contribution in [0, 0.1) is 6.92 Å². The minimum absolute atomic E-state index is 0.171. The molecular formula is C19H17N3O4S. The van der Waals surface area contributed by atoms with E-state index in [1.54, 1.807) is 55.5 Å². The Morgan fingerprint density at radius 3 is 2.44 bits per heavy atom. The molecule has 0 saturated heterocycles. The fraction of sp³-hybridized carbons (Fsp3) is 0.105. The molecule has 0 aliphatic rings. The Bertz CT molecular complexity index is 964. The van der Waals surface area contributed by atoms with Crippen molar-refractivity contribution in [1.82, 2.24) is 5.32 Å². The Morgan fingerprint density at radius 2 is 1.81 bits per heavy atom. The van der Waals surface area contributed by atoms with E-state index in [1.165, 1.54) is 6.26 Å². The maximum Gasteiger partial charge on any atom is 0.291 e. The van der Waals surface area contributed by atoms with E-state index in [2.05, 4.69) is 10.6 Å². The summed E-state index contributed by atoms with van der Waals surface area (Å²) in [4.78, 5) is 36.9. The number of hydrogen-bond acceptors (Lipinski definition) is 5. The highest BCUT2D eigenvalue weighted by Crippen LogP contribution is 2.28. The van der Waals surface area contributed by atoms with E-state index in [9.17, 15) is 14.4 Å². The third-order valence-corrected chi connectivity index (χ3v) is 4.95. The third-order valence-electron chi connectivity index (χ3n) is 3.80. The SMILES string of the molecule is Cc1cc(NC(=O)c2ccco2)sc1C(=O)NC(C(N)=O)c1ccccc1. The number of carbonyl (C=O) groups excluding carboxylic acids is 3. The van der Waals surface area contributed by atoms with Crippen molar-refractivity contribution < 1.29 is 18.8 Å². The molecule has 0 saturated carbocycles. The average Bonchev–Trinajstić information content (AvgIpc) is 3.30. The fourth-order valence-corrected chi connectivity index (χ4v) is 3.48. The molecule has 1 atom stereocenters. The largest absolute Gasteiger partial charge is 0.459 e. The van der Waals surface area contributed by atoms with Gasteiger partial charge in [-0.25, -0.2) is 0 Å². The summed E-state index contributed by atoms with van der Waals surface area (Å²) in [6, 6.07) is 12.6. The normalized spacial score (nSPS) is 11.6. The lowest BCUT2D eigenvalue weighted by atomic mass is 10.1. The van der Waals surface area contributed by atoms with Gasteiger partial charge in [-0.2, -0.15) is 0 Å². The second-order valence-corrected chi connectivity index (χ2v) is 6.83. The van der Waals surface area contributed by atoms with Gasteiger partial charge in [-0.1, -0.05) is 30.3 Å². The quantitative estimate of drug-likeness (QED) is 0.607. The van der Waals surface area contributed by atoms with Crippen LogP contribution in [0.15, 0.2) is 59.2 Å². The minimum atomic E-state index is -0.943. The lowest BCUT2D eigenvalue weighted by Crippen LogP contribution is -2.37. The second kappa shape index (κ2) is 7.88. The minimum Gasteiger partial charge on any atom is -0.459 e. The van der Waals surface area contributed by atoms with Gasteiger partial charge < -0.3 is 20.8 Å². The molecule has 0 spiro atoms. The Balaban J connectivity index is 1.75. The van der Waals surface area contributed by atoms with Crippen molar-refractivity contribution in [2.45, 2.75) is 13.0 Å². The summed E-state index contributed by atoms with van der Waals surface area (Å²) in [5, 5.41) is 5.83. The number of primary amides is 1. The molecule has 4 N–H and O–H groups in total. The first kappa shape index (κ1) is 18.4. The van der Waals surface area contributed by atoms with Crippen LogP contribution in [0.3, 0.4) is 0 Å². The van der Waals surface area contributed by atoms with Crippen LogP contribution in [-0.4, -0.2) is 17.7 Å². The molecule has 8 heteroatoms. The van der Waals surface area contributed by atoms with Gasteiger partial charge in [-0.15, -0.1) is 11.3 Å². The van der Waals surface area contributed by atoms with Crippen molar-refractivity contribution in [1.29, 1.82) is 0 Å². The van der Waals surface area contributed by atoms with Crippen molar-refractivity contribution in [3.8, 4) is 0 Å². The number of furan rings is 1. The van der Waals surface area contributed by atoms with E-state index in [4.69, 9.17) is 10.2 Å². The second-order valence-electron chi connectivity index (χ2n) is 5.77. The number of nitrogens with one attached hydrogen (secondary N) is 2. The molecule has 2 heterocycles. The number of amides is 3. The Hall–Kier alpha value is -3.39. The first-order valence-corrected chi connectivity index (χ1v) is 8.88. The summed E-state index contributed by atoms with van der Waals surface area (Å²) in [7, 11) is 0. The highest BCUT2D eigenvalue weighted by atomic mass is 32.1. The molecule has 2 aromatic heterocycles. The van der Waals surface area contributed by atoms with Gasteiger partial charge in [0.2, 0.25) is 5.91 Å². The topological polar surface area (TPSA) is 114 Å². The molecule has 27 heavy (non-hydrogen) atoms. The van der Waals surface area contributed by atoms with Gasteiger partial charge in [0.1, 0.15) is 6.04 Å². The predicted octanol–water partition coefficient (Wildman–Crippen LogP) is 2.86. The lowest BCUT2D eigenvalue weighted by molar-refractivity contribution is -0.120. The van der Waals surface area contributed by atoms with E-state index in [0.29, 0.717) is 21.0 Å². The molecule has 0 fully saturated rings. The first-order chi connectivity index (χ1) is 13.0. The molecule has 0 radical (unpaired) electrons. The van der Waals surface area contributed by atoms with Gasteiger partial charge in [0, 0.05) is 0 Å². The van der Waals surface area contributed by atoms with Crippen molar-refractivity contribution in [3.63, 3.8) is 0 Å². The Kier molecular flexibility index (Phi) is 5.37. The number of anilines is 1. The number of carbonyl (C=O) groups is 3. The van der Waals surface area contributed by atoms with Crippen LogP contribution >= 0.6 is 11.3 Å². The molecule has 3 amide bonds. The Morgan fingerprint density at radius 1 is 1.07 bits per heavy atom. The van der Waals surface area contributed by atoms with Crippen LogP contribution in [-0.2, 0) is 4.79 Å². The number of hydrogen-bond donors (Lipinski definition) is 3. The highest BCUT2D eigenvalue weighted by molar-refractivity contribution is 7.18. The molecule has 0 aliphatic heterocycles. The summed E-state index contributed by atoms with van der Waals surface area (Å²) in [5.41, 5.74) is 6.71. The van der Waals surface area contributed by atoms with Crippen molar-refractivity contribution in [3.05, 3.63) is 76.6 Å². The maximum atomic E-state index is 12.6. The zero-order valence-electron chi connectivity index (χ0n) is 14.4. The molecular weight excluding hydrogens is 366 g/mol. The molecule has 1 unspecified atom stereocenters. The van der Waals surface area contributed by atoms with Crippen molar-refractivity contribution in [2.75, 3.05) is 5.32 Å². The number of aryl methyl sites for hydroxylation is 1. The zero-order chi connectivity index (χ0) is 19.4. The van der Waals surface area contributed by atoms with Crippen LogP contribution < -0.4 is 16.4 Å². The highest BCUT2D eigenvalue weighted by Gasteiger charge is 2.23. The summed E-state index contributed by atoms with van der Waals surface area (Å²) in [5.74, 6) is -1.34. The Labute approximate surface area is 159 Å². The van der Waals surface area contributed by atoms with E-state index in [-0.39, 0.29) is 5.76 Å². The molecule has 3 aromatic rings.